The monoisotopic (exact) mass is 246 g/mol. The summed E-state index contributed by atoms with van der Waals surface area (Å²) in [7, 11) is 0. The van der Waals surface area contributed by atoms with Crippen molar-refractivity contribution in [3.05, 3.63) is 29.3 Å². The summed E-state index contributed by atoms with van der Waals surface area (Å²) in [6, 6.07) is 6.27. The Balaban J connectivity index is 2.35. The molecule has 1 heterocycles. The second-order valence-electron chi connectivity index (χ2n) is 6.55. The minimum atomic E-state index is -0.0800. The fraction of sp³-hybridized carbons (Fsp3) is 0.562. The molecule has 0 saturated heterocycles. The Bertz CT molecular complexity index is 466. The van der Waals surface area contributed by atoms with Gasteiger partial charge in [-0.3, -0.25) is 4.79 Å². The molecule has 0 bridgehead atoms. The summed E-state index contributed by atoms with van der Waals surface area (Å²) in [5, 5.41) is 0. The molecule has 0 spiro atoms. The van der Waals surface area contributed by atoms with Crippen LogP contribution in [0.15, 0.2) is 18.2 Å². The Hall–Kier alpha value is -1.31. The molecule has 0 amide bonds. The lowest BCUT2D eigenvalue weighted by Crippen LogP contribution is -2.31. The highest BCUT2D eigenvalue weighted by atomic mass is 16.5. The molecule has 1 aliphatic rings. The molecule has 0 saturated carbocycles. The van der Waals surface area contributed by atoms with Crippen LogP contribution in [0.4, 0.5) is 0 Å². The largest absolute Gasteiger partial charge is 0.426 e. The van der Waals surface area contributed by atoms with E-state index in [9.17, 15) is 4.79 Å². The zero-order valence-corrected chi connectivity index (χ0v) is 11.9. The molecule has 1 aliphatic heterocycles. The van der Waals surface area contributed by atoms with Gasteiger partial charge in [0.25, 0.3) is 0 Å². The van der Waals surface area contributed by atoms with E-state index < -0.39 is 0 Å². The minimum absolute atomic E-state index is 0.00186. The number of esters is 1. The summed E-state index contributed by atoms with van der Waals surface area (Å²) in [5.41, 5.74) is 2.44. The second-order valence-corrected chi connectivity index (χ2v) is 6.55. The van der Waals surface area contributed by atoms with Crippen molar-refractivity contribution in [3.63, 3.8) is 0 Å². The SMILES string of the molecule is CC(C)C1Cc2ccc(C(C)(C)C)cc2OC1=O. The Morgan fingerprint density at radius 3 is 2.50 bits per heavy atom. The topological polar surface area (TPSA) is 26.3 Å². The van der Waals surface area contributed by atoms with Gasteiger partial charge in [-0.2, -0.15) is 0 Å². The Morgan fingerprint density at radius 2 is 1.94 bits per heavy atom. The minimum Gasteiger partial charge on any atom is -0.426 e. The maximum absolute atomic E-state index is 11.9. The molecule has 2 heteroatoms. The molecule has 2 nitrogen and oxygen atoms in total. The summed E-state index contributed by atoms with van der Waals surface area (Å²) in [6.07, 6.45) is 0.802. The van der Waals surface area contributed by atoms with Gasteiger partial charge in [0, 0.05) is 0 Å². The Morgan fingerprint density at radius 1 is 1.28 bits per heavy atom. The predicted molar refractivity (Wildman–Crippen MR) is 72.8 cm³/mol. The first kappa shape index (κ1) is 13.1. The van der Waals surface area contributed by atoms with Crippen LogP contribution in [0.3, 0.4) is 0 Å². The summed E-state index contributed by atoms with van der Waals surface area (Å²) < 4.78 is 5.50. The number of hydrogen-bond donors (Lipinski definition) is 0. The van der Waals surface area contributed by atoms with Crippen molar-refractivity contribution < 1.29 is 9.53 Å². The zero-order valence-electron chi connectivity index (χ0n) is 11.9. The number of carbonyl (C=O) groups excluding carboxylic acids is 1. The van der Waals surface area contributed by atoms with Crippen LogP contribution in [0.2, 0.25) is 0 Å². The molecule has 0 fully saturated rings. The fourth-order valence-electron chi connectivity index (χ4n) is 2.30. The molecule has 18 heavy (non-hydrogen) atoms. The van der Waals surface area contributed by atoms with E-state index in [2.05, 4.69) is 46.8 Å². The maximum atomic E-state index is 11.9. The van der Waals surface area contributed by atoms with Crippen molar-refractivity contribution in [1.82, 2.24) is 0 Å². The predicted octanol–water partition coefficient (Wildman–Crippen LogP) is 3.72. The van der Waals surface area contributed by atoms with Crippen LogP contribution in [0.1, 0.15) is 45.7 Å². The van der Waals surface area contributed by atoms with E-state index in [-0.39, 0.29) is 17.3 Å². The van der Waals surface area contributed by atoms with Crippen molar-refractivity contribution in [2.24, 2.45) is 11.8 Å². The number of rotatable bonds is 1. The van der Waals surface area contributed by atoms with E-state index in [1.165, 1.54) is 5.56 Å². The normalized spacial score (nSPS) is 19.7. The third kappa shape index (κ3) is 2.43. The third-order valence-electron chi connectivity index (χ3n) is 3.69. The Labute approximate surface area is 109 Å². The van der Waals surface area contributed by atoms with Crippen LogP contribution in [0, 0.1) is 11.8 Å². The first-order valence-electron chi connectivity index (χ1n) is 6.64. The van der Waals surface area contributed by atoms with Gasteiger partial charge in [0.15, 0.2) is 0 Å². The van der Waals surface area contributed by atoms with E-state index in [1.54, 1.807) is 0 Å². The number of fused-ring (bicyclic) bond motifs is 1. The van der Waals surface area contributed by atoms with Gasteiger partial charge < -0.3 is 4.74 Å². The lowest BCUT2D eigenvalue weighted by Gasteiger charge is -2.28. The molecule has 0 N–H and O–H groups in total. The van der Waals surface area contributed by atoms with E-state index in [0.29, 0.717) is 5.92 Å². The van der Waals surface area contributed by atoms with Crippen LogP contribution in [-0.4, -0.2) is 5.97 Å². The first-order chi connectivity index (χ1) is 8.29. The number of ether oxygens (including phenoxy) is 1. The van der Waals surface area contributed by atoms with E-state index in [4.69, 9.17) is 4.74 Å². The highest BCUT2D eigenvalue weighted by Crippen LogP contribution is 2.35. The molecule has 98 valence electrons. The van der Waals surface area contributed by atoms with Crippen molar-refractivity contribution >= 4 is 5.97 Å². The first-order valence-corrected chi connectivity index (χ1v) is 6.64. The van der Waals surface area contributed by atoms with E-state index in [0.717, 1.165) is 17.7 Å². The summed E-state index contributed by atoms with van der Waals surface area (Å²) in [4.78, 5) is 11.9. The lowest BCUT2D eigenvalue weighted by molar-refractivity contribution is -0.141. The van der Waals surface area contributed by atoms with Gasteiger partial charge in [-0.05, 0) is 34.9 Å². The molecule has 0 aliphatic carbocycles. The molecule has 1 aromatic carbocycles. The van der Waals surface area contributed by atoms with Gasteiger partial charge in [-0.1, -0.05) is 46.8 Å². The summed E-state index contributed by atoms with van der Waals surface area (Å²) in [6.45, 7) is 10.6. The molecule has 2 rings (SSSR count). The van der Waals surface area contributed by atoms with Gasteiger partial charge in [-0.25, -0.2) is 0 Å². The molecule has 0 aromatic heterocycles. The second kappa shape index (κ2) is 4.42. The maximum Gasteiger partial charge on any atom is 0.314 e. The zero-order chi connectivity index (χ0) is 13.5. The van der Waals surface area contributed by atoms with Crippen LogP contribution < -0.4 is 4.74 Å². The molecule has 1 unspecified atom stereocenters. The van der Waals surface area contributed by atoms with E-state index >= 15 is 0 Å². The van der Waals surface area contributed by atoms with Gasteiger partial charge >= 0.3 is 5.97 Å². The highest BCUT2D eigenvalue weighted by molar-refractivity contribution is 5.78. The third-order valence-corrected chi connectivity index (χ3v) is 3.69. The summed E-state index contributed by atoms with van der Waals surface area (Å²) >= 11 is 0. The van der Waals surface area contributed by atoms with Gasteiger partial charge in [-0.15, -0.1) is 0 Å². The van der Waals surface area contributed by atoms with E-state index in [1.807, 2.05) is 6.07 Å². The molecule has 1 aromatic rings. The van der Waals surface area contributed by atoms with Gasteiger partial charge in [0.2, 0.25) is 0 Å². The average Bonchev–Trinajstić information content (AvgIpc) is 2.25. The quantitative estimate of drug-likeness (QED) is 0.557. The molecular formula is C16H22O2. The number of benzene rings is 1. The number of carbonyl (C=O) groups is 1. The van der Waals surface area contributed by atoms with Crippen molar-refractivity contribution in [3.8, 4) is 5.75 Å². The summed E-state index contributed by atoms with van der Waals surface area (Å²) in [5.74, 6) is 0.999. The van der Waals surface area contributed by atoms with Crippen molar-refractivity contribution in [2.75, 3.05) is 0 Å². The Kier molecular flexibility index (Phi) is 3.22. The van der Waals surface area contributed by atoms with Crippen LogP contribution in [0.25, 0.3) is 0 Å². The standard InChI is InChI=1S/C16H22O2/c1-10(2)13-8-11-6-7-12(16(3,4)5)9-14(11)18-15(13)17/h6-7,9-10,13H,8H2,1-5H3. The van der Waals surface area contributed by atoms with Crippen molar-refractivity contribution in [1.29, 1.82) is 0 Å². The lowest BCUT2D eigenvalue weighted by atomic mass is 9.83. The average molecular weight is 246 g/mol. The molecule has 1 atom stereocenters. The number of hydrogen-bond acceptors (Lipinski definition) is 2. The molecular weight excluding hydrogens is 224 g/mol. The smallest absolute Gasteiger partial charge is 0.314 e. The van der Waals surface area contributed by atoms with Gasteiger partial charge in [0.1, 0.15) is 5.75 Å². The van der Waals surface area contributed by atoms with Crippen LogP contribution in [0.5, 0.6) is 5.75 Å². The van der Waals surface area contributed by atoms with Crippen LogP contribution >= 0.6 is 0 Å². The highest BCUT2D eigenvalue weighted by Gasteiger charge is 2.31. The van der Waals surface area contributed by atoms with Gasteiger partial charge in [0.05, 0.1) is 5.92 Å². The van der Waals surface area contributed by atoms with Crippen LogP contribution in [-0.2, 0) is 16.6 Å². The fourth-order valence-corrected chi connectivity index (χ4v) is 2.30. The van der Waals surface area contributed by atoms with Crippen molar-refractivity contribution in [2.45, 2.75) is 46.5 Å². The molecule has 0 radical (unpaired) electrons.